The highest BCUT2D eigenvalue weighted by Crippen LogP contribution is 2.64. The number of amides is 4. The summed E-state index contributed by atoms with van der Waals surface area (Å²) in [6.07, 6.45) is 2.58. The Morgan fingerprint density at radius 1 is 0.766 bits per heavy atom. The minimum absolute atomic E-state index is 0.0347. The molecule has 234 valence electrons. The number of carbonyl (C=O) groups is 4. The Bertz CT molecular complexity index is 1960. The summed E-state index contributed by atoms with van der Waals surface area (Å²) in [5.41, 5.74) is 6.11. The third-order valence-corrected chi connectivity index (χ3v) is 10.6. The first-order valence-electron chi connectivity index (χ1n) is 16.0. The summed E-state index contributed by atoms with van der Waals surface area (Å²) < 4.78 is 0. The molecule has 0 aromatic heterocycles. The fourth-order valence-corrected chi connectivity index (χ4v) is 8.66. The van der Waals surface area contributed by atoms with E-state index in [1.54, 1.807) is 42.5 Å². The number of para-hydroxylation sites is 1. The summed E-state index contributed by atoms with van der Waals surface area (Å²) in [6, 6.07) is 32.6. The van der Waals surface area contributed by atoms with Crippen LogP contribution in [0.3, 0.4) is 0 Å². The SMILES string of the molecule is Cc1ccc(NN2C(=O)[C@@H]3C[C@@H]4C(=CC[C@@H]5C(=O)N(c6ccccc6)C(=O)[C@@H]54)[C@H](c4cccc(O)c4)[C@]3(c3ccccc3)C2=O)cc1. The molecule has 4 amide bonds. The van der Waals surface area contributed by atoms with Crippen LogP contribution in [0.1, 0.15) is 35.4 Å². The van der Waals surface area contributed by atoms with Crippen LogP contribution in [0.25, 0.3) is 0 Å². The van der Waals surface area contributed by atoms with E-state index in [1.807, 2.05) is 79.7 Å². The average molecular weight is 624 g/mol. The van der Waals surface area contributed by atoms with Crippen molar-refractivity contribution < 1.29 is 24.3 Å². The van der Waals surface area contributed by atoms with E-state index in [4.69, 9.17) is 0 Å². The highest BCUT2D eigenvalue weighted by molar-refractivity contribution is 6.22. The number of fused-ring (bicyclic) bond motifs is 4. The summed E-state index contributed by atoms with van der Waals surface area (Å²) in [4.78, 5) is 59.2. The molecule has 8 rings (SSSR count). The molecule has 8 nitrogen and oxygen atoms in total. The van der Waals surface area contributed by atoms with Crippen LogP contribution in [0.15, 0.2) is 121 Å². The Morgan fingerprint density at radius 2 is 1.47 bits per heavy atom. The first kappa shape index (κ1) is 28.9. The van der Waals surface area contributed by atoms with Crippen LogP contribution in [0.4, 0.5) is 11.4 Å². The molecule has 2 N–H and O–H groups in total. The minimum atomic E-state index is -1.37. The van der Waals surface area contributed by atoms with Crippen LogP contribution in [0.5, 0.6) is 5.75 Å². The van der Waals surface area contributed by atoms with Crippen LogP contribution < -0.4 is 10.3 Å². The maximum atomic E-state index is 15.1. The fraction of sp³-hybridized carbons (Fsp3) is 0.231. The average Bonchev–Trinajstić information content (AvgIpc) is 3.47. The van der Waals surface area contributed by atoms with Crippen molar-refractivity contribution in [3.63, 3.8) is 0 Å². The van der Waals surface area contributed by atoms with Gasteiger partial charge in [-0.25, -0.2) is 0 Å². The summed E-state index contributed by atoms with van der Waals surface area (Å²) in [7, 11) is 0. The molecule has 0 spiro atoms. The molecule has 4 aromatic rings. The van der Waals surface area contributed by atoms with Crippen LogP contribution in [-0.2, 0) is 24.6 Å². The molecule has 8 heteroatoms. The standard InChI is InChI=1S/C39H33N3O5/c1-23-15-17-26(18-16-23)40-42-36(45)32-22-31-29(19-20-30-33(31)37(46)41(35(30)44)27-12-6-3-7-13-27)34(24-9-8-14-28(43)21-24)39(32,38(42)47)25-10-4-2-5-11-25/h2-19,21,30-34,40,43H,20,22H2,1H3/t30-,31+,32-,33-,34-,39+/m0/s1. The van der Waals surface area contributed by atoms with Crippen molar-refractivity contribution in [1.82, 2.24) is 5.01 Å². The second-order valence-corrected chi connectivity index (χ2v) is 13.0. The van der Waals surface area contributed by atoms with E-state index in [-0.39, 0.29) is 29.9 Å². The Labute approximate surface area is 272 Å². The highest BCUT2D eigenvalue weighted by atomic mass is 16.3. The van der Waals surface area contributed by atoms with Gasteiger partial charge in [-0.2, -0.15) is 5.01 Å². The molecule has 2 aliphatic heterocycles. The Morgan fingerprint density at radius 3 is 2.17 bits per heavy atom. The number of hydrogen-bond acceptors (Lipinski definition) is 6. The number of nitrogens with one attached hydrogen (secondary N) is 1. The van der Waals surface area contributed by atoms with Crippen molar-refractivity contribution in [3.05, 3.63) is 138 Å². The quantitative estimate of drug-likeness (QED) is 0.212. The Balaban J connectivity index is 1.32. The van der Waals surface area contributed by atoms with E-state index < -0.39 is 40.9 Å². The lowest BCUT2D eigenvalue weighted by Gasteiger charge is -2.50. The lowest BCUT2D eigenvalue weighted by atomic mass is 9.49. The maximum Gasteiger partial charge on any atom is 0.260 e. The number of aryl methyl sites for hydroxylation is 1. The van der Waals surface area contributed by atoms with Crippen LogP contribution in [0, 0.1) is 30.6 Å². The summed E-state index contributed by atoms with van der Waals surface area (Å²) >= 11 is 0. The topological polar surface area (TPSA) is 107 Å². The number of hydrogen-bond donors (Lipinski definition) is 2. The minimum Gasteiger partial charge on any atom is -0.508 e. The number of phenols is 1. The number of allylic oxidation sites excluding steroid dienone is 2. The van der Waals surface area contributed by atoms with Gasteiger partial charge in [-0.05, 0) is 73.2 Å². The van der Waals surface area contributed by atoms with Gasteiger partial charge in [0.1, 0.15) is 5.75 Å². The molecular weight excluding hydrogens is 590 g/mol. The monoisotopic (exact) mass is 623 g/mol. The molecule has 4 aliphatic rings. The third kappa shape index (κ3) is 4.20. The largest absolute Gasteiger partial charge is 0.508 e. The predicted octanol–water partition coefficient (Wildman–Crippen LogP) is 5.89. The molecule has 2 aliphatic carbocycles. The molecule has 3 fully saturated rings. The van der Waals surface area contributed by atoms with E-state index >= 15 is 4.79 Å². The Hall–Kier alpha value is -5.50. The molecule has 6 atom stereocenters. The molecular formula is C39H33N3O5. The van der Waals surface area contributed by atoms with Gasteiger partial charge < -0.3 is 5.11 Å². The van der Waals surface area contributed by atoms with Gasteiger partial charge in [-0.15, -0.1) is 0 Å². The Kier molecular flexibility index (Phi) is 6.65. The van der Waals surface area contributed by atoms with Gasteiger partial charge in [0.25, 0.3) is 11.8 Å². The van der Waals surface area contributed by atoms with Crippen molar-refractivity contribution in [3.8, 4) is 5.75 Å². The molecule has 0 unspecified atom stereocenters. The van der Waals surface area contributed by atoms with Gasteiger partial charge in [0.15, 0.2) is 0 Å². The summed E-state index contributed by atoms with van der Waals surface area (Å²) in [6.45, 7) is 1.96. The molecule has 0 radical (unpaired) electrons. The summed E-state index contributed by atoms with van der Waals surface area (Å²) in [5, 5.41) is 11.9. The zero-order valence-corrected chi connectivity index (χ0v) is 25.7. The molecule has 2 heterocycles. The van der Waals surface area contributed by atoms with Gasteiger partial charge in [0.2, 0.25) is 11.8 Å². The van der Waals surface area contributed by atoms with Gasteiger partial charge in [0.05, 0.1) is 34.5 Å². The lowest BCUT2D eigenvalue weighted by Crippen LogP contribution is -2.53. The lowest BCUT2D eigenvalue weighted by molar-refractivity contribution is -0.138. The zero-order valence-electron chi connectivity index (χ0n) is 25.7. The van der Waals surface area contributed by atoms with Gasteiger partial charge >= 0.3 is 0 Å². The van der Waals surface area contributed by atoms with Crippen LogP contribution in [-0.4, -0.2) is 33.7 Å². The maximum absolute atomic E-state index is 15.1. The second kappa shape index (κ2) is 10.8. The van der Waals surface area contributed by atoms with E-state index in [1.165, 1.54) is 4.90 Å². The van der Waals surface area contributed by atoms with Crippen molar-refractivity contribution in [2.75, 3.05) is 10.3 Å². The number of rotatable bonds is 5. The van der Waals surface area contributed by atoms with Gasteiger partial charge in [0, 0.05) is 5.92 Å². The van der Waals surface area contributed by atoms with Crippen molar-refractivity contribution in [2.45, 2.75) is 31.1 Å². The van der Waals surface area contributed by atoms with Crippen LogP contribution >= 0.6 is 0 Å². The number of phenolic OH excluding ortho intramolecular Hbond substituents is 1. The third-order valence-electron chi connectivity index (χ3n) is 10.6. The summed E-state index contributed by atoms with van der Waals surface area (Å²) in [5.74, 6) is -4.53. The number of aromatic hydroxyl groups is 1. The van der Waals surface area contributed by atoms with Crippen LogP contribution in [0.2, 0.25) is 0 Å². The molecule has 2 saturated heterocycles. The number of hydrazine groups is 1. The predicted molar refractivity (Wildman–Crippen MR) is 176 cm³/mol. The van der Waals surface area contributed by atoms with Crippen molar-refractivity contribution in [2.24, 2.45) is 23.7 Å². The number of imide groups is 2. The van der Waals surface area contributed by atoms with E-state index in [9.17, 15) is 19.5 Å². The highest BCUT2D eigenvalue weighted by Gasteiger charge is 2.70. The normalized spacial score (nSPS) is 28.1. The smallest absolute Gasteiger partial charge is 0.260 e. The number of anilines is 2. The second-order valence-electron chi connectivity index (χ2n) is 13.0. The van der Waals surface area contributed by atoms with E-state index in [0.717, 1.165) is 16.1 Å². The fourth-order valence-electron chi connectivity index (χ4n) is 8.66. The number of carbonyl (C=O) groups excluding carboxylic acids is 4. The van der Waals surface area contributed by atoms with Crippen molar-refractivity contribution in [1.29, 1.82) is 0 Å². The van der Waals surface area contributed by atoms with E-state index in [0.29, 0.717) is 28.9 Å². The van der Waals surface area contributed by atoms with Crippen molar-refractivity contribution >= 4 is 35.0 Å². The molecule has 4 aromatic carbocycles. The van der Waals surface area contributed by atoms with E-state index in [2.05, 4.69) is 5.43 Å². The first-order chi connectivity index (χ1) is 22.8. The van der Waals surface area contributed by atoms with Gasteiger partial charge in [-0.3, -0.25) is 29.5 Å². The first-order valence-corrected chi connectivity index (χ1v) is 16.0. The number of benzene rings is 4. The molecule has 1 saturated carbocycles. The van der Waals surface area contributed by atoms with Gasteiger partial charge in [-0.1, -0.05) is 90.0 Å². The molecule has 0 bridgehead atoms. The zero-order chi connectivity index (χ0) is 32.4. The molecule has 47 heavy (non-hydrogen) atoms. The number of nitrogens with zero attached hydrogens (tertiary/aromatic N) is 2.